The van der Waals surface area contributed by atoms with E-state index in [9.17, 15) is 14.4 Å². The Morgan fingerprint density at radius 3 is 2.69 bits per heavy atom. The van der Waals surface area contributed by atoms with Gasteiger partial charge in [-0.15, -0.1) is 0 Å². The molecule has 176 valence electrons. The number of H-pyrrole nitrogens is 1. The number of carbonyl (C=O) groups excluding carboxylic acids is 2. The van der Waals surface area contributed by atoms with E-state index in [0.717, 1.165) is 25.7 Å². The largest absolute Gasteiger partial charge is 0.483 e. The number of hydrogen-bond acceptors (Lipinski definition) is 6. The number of amides is 2. The van der Waals surface area contributed by atoms with E-state index in [2.05, 4.69) is 15.5 Å². The van der Waals surface area contributed by atoms with E-state index >= 15 is 0 Å². The number of carbonyl (C=O) groups is 3. The number of aromatic amines is 1. The first-order valence-corrected chi connectivity index (χ1v) is 11.4. The Bertz CT molecular complexity index is 817. The highest BCUT2D eigenvalue weighted by molar-refractivity contribution is 5.80. The molecule has 1 saturated heterocycles. The van der Waals surface area contributed by atoms with Gasteiger partial charge in [0.1, 0.15) is 0 Å². The van der Waals surface area contributed by atoms with Crippen molar-refractivity contribution in [2.45, 2.75) is 76.0 Å². The standard InChI is InChI=1S/C21H30N4O4.CH2O2/c26-19-9-6-16(23-24-19)7-10-20(27)25-11-12-29-18-8-5-14(13-17(18)25)21(28)22-15-3-1-2-4-15;2-1-3/h6,9,14-15,17-18H,1-5,7-8,10-13H2,(H,22,28)(H,24,26);1H,(H,2,3)/t14-,17+,18+;/m0./s1. The third kappa shape index (κ3) is 6.38. The minimum absolute atomic E-state index is 0.0226. The maximum Gasteiger partial charge on any atom is 0.290 e. The number of aryl methyl sites for hydroxylation is 1. The first kappa shape index (κ1) is 23.9. The van der Waals surface area contributed by atoms with Gasteiger partial charge in [-0.1, -0.05) is 12.8 Å². The molecule has 2 amide bonds. The van der Waals surface area contributed by atoms with Crippen LogP contribution < -0.4 is 10.9 Å². The number of fused-ring (bicyclic) bond motifs is 1. The molecule has 3 atom stereocenters. The van der Waals surface area contributed by atoms with E-state index in [1.165, 1.54) is 18.9 Å². The van der Waals surface area contributed by atoms with Crippen molar-refractivity contribution in [2.75, 3.05) is 13.2 Å². The lowest BCUT2D eigenvalue weighted by atomic mass is 9.81. The Hall–Kier alpha value is -2.75. The fraction of sp³-hybridized carbons (Fsp3) is 0.682. The van der Waals surface area contributed by atoms with E-state index in [4.69, 9.17) is 14.6 Å². The van der Waals surface area contributed by atoms with Gasteiger partial charge in [-0.3, -0.25) is 19.2 Å². The summed E-state index contributed by atoms with van der Waals surface area (Å²) in [5, 5.41) is 16.5. The molecule has 0 aromatic carbocycles. The second kappa shape index (κ2) is 11.8. The molecular formula is C22H32N4O6. The van der Waals surface area contributed by atoms with E-state index < -0.39 is 0 Å². The highest BCUT2D eigenvalue weighted by atomic mass is 16.5. The quantitative estimate of drug-likeness (QED) is 0.567. The number of nitrogens with one attached hydrogen (secondary N) is 2. The first-order chi connectivity index (χ1) is 15.5. The Morgan fingerprint density at radius 2 is 2.00 bits per heavy atom. The fourth-order valence-corrected chi connectivity index (χ4v) is 4.94. The molecule has 0 spiro atoms. The van der Waals surface area contributed by atoms with Crippen molar-refractivity contribution in [3.8, 4) is 0 Å². The lowest BCUT2D eigenvalue weighted by Crippen LogP contribution is -2.57. The number of aromatic nitrogens is 2. The Balaban J connectivity index is 0.000000913. The molecule has 3 fully saturated rings. The molecule has 10 heteroatoms. The normalized spacial score (nSPS) is 25.2. The molecule has 0 radical (unpaired) electrons. The monoisotopic (exact) mass is 448 g/mol. The summed E-state index contributed by atoms with van der Waals surface area (Å²) >= 11 is 0. The van der Waals surface area contributed by atoms with Crippen molar-refractivity contribution >= 4 is 18.3 Å². The van der Waals surface area contributed by atoms with Gasteiger partial charge in [-0.25, -0.2) is 5.10 Å². The van der Waals surface area contributed by atoms with Crippen LogP contribution in [0.2, 0.25) is 0 Å². The predicted molar refractivity (Wildman–Crippen MR) is 115 cm³/mol. The summed E-state index contributed by atoms with van der Waals surface area (Å²) in [5.41, 5.74) is 0.445. The van der Waals surface area contributed by atoms with Crippen molar-refractivity contribution in [3.63, 3.8) is 0 Å². The molecule has 1 aromatic heterocycles. The zero-order valence-electron chi connectivity index (χ0n) is 18.2. The Kier molecular flexibility index (Phi) is 8.78. The topological polar surface area (TPSA) is 142 Å². The van der Waals surface area contributed by atoms with Gasteiger partial charge in [0.05, 0.1) is 24.4 Å². The smallest absolute Gasteiger partial charge is 0.290 e. The van der Waals surface area contributed by atoms with E-state index in [0.29, 0.717) is 44.1 Å². The molecule has 0 bridgehead atoms. The van der Waals surface area contributed by atoms with Crippen LogP contribution >= 0.6 is 0 Å². The summed E-state index contributed by atoms with van der Waals surface area (Å²) in [6.07, 6.45) is 7.70. The van der Waals surface area contributed by atoms with Gasteiger partial charge in [0, 0.05) is 37.4 Å². The Labute approximate surface area is 186 Å². The summed E-state index contributed by atoms with van der Waals surface area (Å²) in [7, 11) is 0. The number of nitrogens with zero attached hydrogens (tertiary/aromatic N) is 2. The molecule has 10 nitrogen and oxygen atoms in total. The number of carboxylic acid groups (broad SMARTS) is 1. The summed E-state index contributed by atoms with van der Waals surface area (Å²) in [6.45, 7) is 0.860. The van der Waals surface area contributed by atoms with Crippen LogP contribution in [0.5, 0.6) is 0 Å². The zero-order chi connectivity index (χ0) is 22.9. The average molecular weight is 449 g/mol. The number of rotatable bonds is 5. The van der Waals surface area contributed by atoms with Crippen LogP contribution in [0.4, 0.5) is 0 Å². The average Bonchev–Trinajstić information content (AvgIpc) is 3.31. The maximum atomic E-state index is 12.9. The molecule has 0 unspecified atom stereocenters. The lowest BCUT2D eigenvalue weighted by Gasteiger charge is -2.45. The van der Waals surface area contributed by atoms with E-state index in [-0.39, 0.29) is 41.9 Å². The maximum absolute atomic E-state index is 12.9. The van der Waals surface area contributed by atoms with Crippen LogP contribution in [0.25, 0.3) is 0 Å². The SMILES string of the molecule is O=C(NC1CCCC1)[C@H]1CC[C@H]2OCCN(C(=O)CCc3ccc(=O)[nH]n3)[C@@H]2C1.O=CO. The molecule has 32 heavy (non-hydrogen) atoms. The highest BCUT2D eigenvalue weighted by Gasteiger charge is 2.41. The van der Waals surface area contributed by atoms with Gasteiger partial charge in [0.25, 0.3) is 12.0 Å². The van der Waals surface area contributed by atoms with Crippen LogP contribution in [-0.2, 0) is 25.5 Å². The number of ether oxygens (including phenoxy) is 1. The summed E-state index contributed by atoms with van der Waals surface area (Å²) < 4.78 is 5.92. The van der Waals surface area contributed by atoms with Crippen LogP contribution in [0.3, 0.4) is 0 Å². The van der Waals surface area contributed by atoms with Crippen LogP contribution in [0.15, 0.2) is 16.9 Å². The van der Waals surface area contributed by atoms with Crippen molar-refractivity contribution in [2.24, 2.45) is 5.92 Å². The van der Waals surface area contributed by atoms with Crippen molar-refractivity contribution < 1.29 is 24.2 Å². The third-order valence-electron chi connectivity index (χ3n) is 6.54. The molecule has 2 aliphatic carbocycles. The van der Waals surface area contributed by atoms with Crippen LogP contribution in [0.1, 0.15) is 57.1 Å². The Morgan fingerprint density at radius 1 is 1.25 bits per heavy atom. The van der Waals surface area contributed by atoms with E-state index in [1.54, 1.807) is 6.07 Å². The molecule has 1 aromatic rings. The first-order valence-electron chi connectivity index (χ1n) is 11.4. The third-order valence-corrected chi connectivity index (χ3v) is 6.54. The summed E-state index contributed by atoms with van der Waals surface area (Å²) in [4.78, 5) is 47.1. The van der Waals surface area contributed by atoms with Gasteiger partial charge in [0.15, 0.2) is 0 Å². The molecule has 2 saturated carbocycles. The summed E-state index contributed by atoms with van der Waals surface area (Å²) in [6, 6.07) is 3.36. The molecule has 3 aliphatic rings. The second-order valence-electron chi connectivity index (χ2n) is 8.58. The van der Waals surface area contributed by atoms with Gasteiger partial charge >= 0.3 is 0 Å². The molecule has 3 N–H and O–H groups in total. The molecule has 1 aliphatic heterocycles. The fourth-order valence-electron chi connectivity index (χ4n) is 4.94. The van der Waals surface area contributed by atoms with Gasteiger partial charge in [-0.2, -0.15) is 5.10 Å². The van der Waals surface area contributed by atoms with Gasteiger partial charge in [-0.05, 0) is 38.2 Å². The van der Waals surface area contributed by atoms with Crippen molar-refractivity contribution in [3.05, 3.63) is 28.2 Å². The highest BCUT2D eigenvalue weighted by Crippen LogP contribution is 2.33. The predicted octanol–water partition coefficient (Wildman–Crippen LogP) is 0.858. The number of morpholine rings is 1. The van der Waals surface area contributed by atoms with Crippen LogP contribution in [-0.4, -0.2) is 69.8 Å². The van der Waals surface area contributed by atoms with Crippen molar-refractivity contribution in [1.82, 2.24) is 20.4 Å². The minimum atomic E-state index is -0.250. The number of hydrogen-bond donors (Lipinski definition) is 3. The van der Waals surface area contributed by atoms with Gasteiger partial charge in [0.2, 0.25) is 11.8 Å². The van der Waals surface area contributed by atoms with Gasteiger partial charge < -0.3 is 20.1 Å². The van der Waals surface area contributed by atoms with Crippen LogP contribution in [0, 0.1) is 5.92 Å². The summed E-state index contributed by atoms with van der Waals surface area (Å²) in [5.74, 6) is 0.161. The lowest BCUT2D eigenvalue weighted by molar-refractivity contribution is -0.154. The molecule has 2 heterocycles. The zero-order valence-corrected chi connectivity index (χ0v) is 18.2. The molecular weight excluding hydrogens is 416 g/mol. The molecule has 4 rings (SSSR count). The minimum Gasteiger partial charge on any atom is -0.483 e. The van der Waals surface area contributed by atoms with Crippen molar-refractivity contribution in [1.29, 1.82) is 0 Å². The van der Waals surface area contributed by atoms with E-state index in [1.807, 2.05) is 4.90 Å². The second-order valence-corrected chi connectivity index (χ2v) is 8.58.